The lowest BCUT2D eigenvalue weighted by molar-refractivity contribution is -0.119. The van der Waals surface area contributed by atoms with E-state index in [0.717, 1.165) is 39.9 Å². The first kappa shape index (κ1) is 22.7. The third-order valence-corrected chi connectivity index (χ3v) is 6.17. The topological polar surface area (TPSA) is 73.2 Å². The Balaban J connectivity index is 1.42. The maximum atomic E-state index is 11.8. The molecule has 0 fully saturated rings. The Morgan fingerprint density at radius 3 is 2.51 bits per heavy atom. The zero-order chi connectivity index (χ0) is 24.4. The van der Waals surface area contributed by atoms with Crippen molar-refractivity contribution in [1.29, 1.82) is 0 Å². The molecule has 3 aromatic carbocycles. The van der Waals surface area contributed by atoms with Gasteiger partial charge in [-0.3, -0.25) is 9.78 Å². The minimum absolute atomic E-state index is 0.253. The first-order valence-electron chi connectivity index (χ1n) is 10.9. The number of nitrogens with zero attached hydrogens (tertiary/aromatic N) is 3. The first-order valence-corrected chi connectivity index (χ1v) is 11.3. The van der Waals surface area contributed by atoms with Gasteiger partial charge in [0.05, 0.1) is 31.5 Å². The fraction of sp³-hybridized carbons (Fsp3) is 0.148. The van der Waals surface area contributed by atoms with Crippen LogP contribution in [0, 0.1) is 0 Å². The molecule has 0 aliphatic carbocycles. The highest BCUT2D eigenvalue weighted by molar-refractivity contribution is 6.31. The van der Waals surface area contributed by atoms with Crippen molar-refractivity contribution in [2.75, 3.05) is 14.2 Å². The molecule has 4 aromatic rings. The number of hydrazone groups is 1. The highest BCUT2D eigenvalue weighted by atomic mass is 35.5. The average Bonchev–Trinajstić information content (AvgIpc) is 3.33. The second-order valence-electron chi connectivity index (χ2n) is 7.96. The van der Waals surface area contributed by atoms with Crippen LogP contribution in [0.15, 0.2) is 78.0 Å². The van der Waals surface area contributed by atoms with Crippen LogP contribution in [0.1, 0.15) is 23.6 Å². The number of hydrogen-bond acceptors (Lipinski definition) is 6. The van der Waals surface area contributed by atoms with E-state index >= 15 is 0 Å². The predicted octanol–water partition coefficient (Wildman–Crippen LogP) is 6.01. The molecule has 0 saturated heterocycles. The van der Waals surface area contributed by atoms with Crippen molar-refractivity contribution in [3.63, 3.8) is 0 Å². The number of ether oxygens (including phenoxy) is 3. The molecule has 2 heterocycles. The highest BCUT2D eigenvalue weighted by Crippen LogP contribution is 2.39. The van der Waals surface area contributed by atoms with Crippen LogP contribution in [0.3, 0.4) is 0 Å². The van der Waals surface area contributed by atoms with Gasteiger partial charge in [-0.05, 0) is 71.8 Å². The maximum absolute atomic E-state index is 11.8. The largest absolute Gasteiger partial charge is 0.497 e. The molecule has 1 aliphatic heterocycles. The van der Waals surface area contributed by atoms with Crippen LogP contribution < -0.4 is 14.2 Å². The second kappa shape index (κ2) is 9.64. The van der Waals surface area contributed by atoms with Crippen LogP contribution in [0.5, 0.6) is 23.0 Å². The Labute approximate surface area is 207 Å². The standard InChI is InChI=1S/C27H22ClN3O4/c1-33-20-7-3-17(4-8-20)22-15-24(31(16-32)30-22)18-5-10-26(27(13-18)34-2)35-25-11-12-29-23-14-19(28)6-9-21(23)25/h3-14,16,24H,15H2,1-2H3. The third kappa shape index (κ3) is 4.50. The molecule has 5 rings (SSSR count). The molecule has 0 radical (unpaired) electrons. The number of benzene rings is 3. The lowest BCUT2D eigenvalue weighted by Gasteiger charge is -2.19. The van der Waals surface area contributed by atoms with Gasteiger partial charge >= 0.3 is 0 Å². The molecule has 0 saturated carbocycles. The van der Waals surface area contributed by atoms with Crippen molar-refractivity contribution < 1.29 is 19.0 Å². The molecule has 0 spiro atoms. The van der Waals surface area contributed by atoms with Gasteiger partial charge in [0, 0.05) is 23.0 Å². The monoisotopic (exact) mass is 487 g/mol. The Hall–Kier alpha value is -4.10. The van der Waals surface area contributed by atoms with Crippen molar-refractivity contribution in [2.24, 2.45) is 5.10 Å². The fourth-order valence-electron chi connectivity index (χ4n) is 4.13. The number of fused-ring (bicyclic) bond motifs is 1. The summed E-state index contributed by atoms with van der Waals surface area (Å²) in [5.41, 5.74) is 3.39. The fourth-order valence-corrected chi connectivity index (χ4v) is 4.30. The predicted molar refractivity (Wildman–Crippen MR) is 135 cm³/mol. The molecule has 7 nitrogen and oxygen atoms in total. The van der Waals surface area contributed by atoms with Gasteiger partial charge in [-0.15, -0.1) is 0 Å². The van der Waals surface area contributed by atoms with E-state index in [4.69, 9.17) is 25.8 Å². The normalized spacial score (nSPS) is 15.1. The van der Waals surface area contributed by atoms with E-state index in [1.807, 2.05) is 48.5 Å². The van der Waals surface area contributed by atoms with E-state index < -0.39 is 0 Å². The molecule has 0 N–H and O–H groups in total. The number of aromatic nitrogens is 1. The van der Waals surface area contributed by atoms with Crippen molar-refractivity contribution in [2.45, 2.75) is 12.5 Å². The summed E-state index contributed by atoms with van der Waals surface area (Å²) >= 11 is 6.10. The lowest BCUT2D eigenvalue weighted by Crippen LogP contribution is -2.17. The number of carbonyl (C=O) groups excluding carboxylic acids is 1. The van der Waals surface area contributed by atoms with Crippen molar-refractivity contribution >= 4 is 34.6 Å². The van der Waals surface area contributed by atoms with Gasteiger partial charge in [-0.2, -0.15) is 5.10 Å². The maximum Gasteiger partial charge on any atom is 0.230 e. The molecular formula is C27H22ClN3O4. The smallest absolute Gasteiger partial charge is 0.230 e. The second-order valence-corrected chi connectivity index (χ2v) is 8.40. The summed E-state index contributed by atoms with van der Waals surface area (Å²) in [6.07, 6.45) is 2.99. The van der Waals surface area contributed by atoms with E-state index in [0.29, 0.717) is 28.7 Å². The van der Waals surface area contributed by atoms with Crippen LogP contribution in [-0.4, -0.2) is 36.3 Å². The van der Waals surface area contributed by atoms with Crippen molar-refractivity contribution in [1.82, 2.24) is 9.99 Å². The Bertz CT molecular complexity index is 1420. The Morgan fingerprint density at radius 1 is 0.943 bits per heavy atom. The number of carbonyl (C=O) groups is 1. The quantitative estimate of drug-likeness (QED) is 0.299. The van der Waals surface area contributed by atoms with Crippen LogP contribution in [0.4, 0.5) is 0 Å². The third-order valence-electron chi connectivity index (χ3n) is 5.93. The summed E-state index contributed by atoms with van der Waals surface area (Å²) in [5, 5.41) is 7.41. The number of amides is 1. The molecule has 1 aliphatic rings. The lowest BCUT2D eigenvalue weighted by atomic mass is 9.98. The van der Waals surface area contributed by atoms with Gasteiger partial charge in [-0.1, -0.05) is 17.7 Å². The zero-order valence-corrected chi connectivity index (χ0v) is 19.9. The number of halogens is 1. The molecule has 1 atom stereocenters. The van der Waals surface area contributed by atoms with E-state index in [1.165, 1.54) is 5.01 Å². The van der Waals surface area contributed by atoms with Crippen LogP contribution in [-0.2, 0) is 4.79 Å². The Kier molecular flexibility index (Phi) is 6.25. The highest BCUT2D eigenvalue weighted by Gasteiger charge is 2.29. The summed E-state index contributed by atoms with van der Waals surface area (Å²) in [7, 11) is 3.21. The molecule has 35 heavy (non-hydrogen) atoms. The summed E-state index contributed by atoms with van der Waals surface area (Å²) in [5.74, 6) is 2.50. The van der Waals surface area contributed by atoms with Crippen LogP contribution in [0.25, 0.3) is 10.9 Å². The molecule has 1 unspecified atom stereocenters. The average molecular weight is 488 g/mol. The number of rotatable bonds is 7. The van der Waals surface area contributed by atoms with Gasteiger partial charge in [0.25, 0.3) is 0 Å². The van der Waals surface area contributed by atoms with E-state index in [1.54, 1.807) is 38.6 Å². The van der Waals surface area contributed by atoms with E-state index in [2.05, 4.69) is 10.1 Å². The first-order chi connectivity index (χ1) is 17.1. The molecule has 0 bridgehead atoms. The number of methoxy groups -OCH3 is 2. The SMILES string of the molecule is COc1ccc(C2=NN(C=O)C(c3ccc(Oc4ccnc5cc(Cl)ccc45)c(OC)c3)C2)cc1. The van der Waals surface area contributed by atoms with Gasteiger partial charge in [0.15, 0.2) is 11.5 Å². The van der Waals surface area contributed by atoms with Crippen LogP contribution >= 0.6 is 11.6 Å². The number of hydrogen-bond donors (Lipinski definition) is 0. The summed E-state index contributed by atoms with van der Waals surface area (Å²) in [6.45, 7) is 0. The molecular weight excluding hydrogens is 466 g/mol. The van der Waals surface area contributed by atoms with Gasteiger partial charge in [0.1, 0.15) is 11.5 Å². The van der Waals surface area contributed by atoms with Gasteiger partial charge in [0.2, 0.25) is 6.41 Å². The Morgan fingerprint density at radius 2 is 1.77 bits per heavy atom. The minimum atomic E-state index is -0.253. The van der Waals surface area contributed by atoms with Crippen LogP contribution in [0.2, 0.25) is 5.02 Å². The van der Waals surface area contributed by atoms with E-state index in [-0.39, 0.29) is 6.04 Å². The van der Waals surface area contributed by atoms with E-state index in [9.17, 15) is 4.79 Å². The summed E-state index contributed by atoms with van der Waals surface area (Å²) in [4.78, 5) is 16.2. The summed E-state index contributed by atoms with van der Waals surface area (Å²) in [6, 6.07) is 20.3. The van der Waals surface area contributed by atoms with Gasteiger partial charge < -0.3 is 14.2 Å². The van der Waals surface area contributed by atoms with Crippen molar-refractivity contribution in [3.8, 4) is 23.0 Å². The number of pyridine rings is 1. The summed E-state index contributed by atoms with van der Waals surface area (Å²) < 4.78 is 17.1. The molecule has 8 heteroatoms. The zero-order valence-electron chi connectivity index (χ0n) is 19.1. The van der Waals surface area contributed by atoms with Crippen molar-refractivity contribution in [3.05, 3.63) is 89.1 Å². The molecule has 176 valence electrons. The molecule has 1 amide bonds. The molecule has 1 aromatic heterocycles. The van der Waals surface area contributed by atoms with Gasteiger partial charge in [-0.25, -0.2) is 5.01 Å². The minimum Gasteiger partial charge on any atom is -0.497 e.